The lowest BCUT2D eigenvalue weighted by atomic mass is 9.72. The van der Waals surface area contributed by atoms with Gasteiger partial charge in [-0.2, -0.15) is 5.26 Å². The summed E-state index contributed by atoms with van der Waals surface area (Å²) in [5.41, 5.74) is 1.12. The maximum atomic E-state index is 14.4. The van der Waals surface area contributed by atoms with E-state index in [9.17, 15) is 24.8 Å². The van der Waals surface area contributed by atoms with Crippen LogP contribution in [0.4, 0.5) is 0 Å². The van der Waals surface area contributed by atoms with E-state index in [4.69, 9.17) is 0 Å². The number of hydrogen-bond acceptors (Lipinski definition) is 5. The van der Waals surface area contributed by atoms with Crippen LogP contribution in [0.15, 0.2) is 66.0 Å². The molecule has 200 valence electrons. The average Bonchev–Trinajstić information content (AvgIpc) is 3.58. The Morgan fingerprint density at radius 1 is 1.00 bits per heavy atom. The summed E-state index contributed by atoms with van der Waals surface area (Å²) in [6.45, 7) is 3.56. The van der Waals surface area contributed by atoms with Crippen LogP contribution in [0.1, 0.15) is 82.9 Å². The van der Waals surface area contributed by atoms with Crippen molar-refractivity contribution in [3.63, 3.8) is 0 Å². The van der Waals surface area contributed by atoms with Crippen molar-refractivity contribution in [1.29, 1.82) is 5.26 Å². The minimum atomic E-state index is -1.69. The summed E-state index contributed by atoms with van der Waals surface area (Å²) >= 11 is 1.32. The van der Waals surface area contributed by atoms with Crippen LogP contribution in [0.25, 0.3) is 0 Å². The van der Waals surface area contributed by atoms with Crippen molar-refractivity contribution in [2.24, 2.45) is 11.8 Å². The van der Waals surface area contributed by atoms with Crippen molar-refractivity contribution < 1.29 is 19.5 Å². The number of carbonyl (C=O) groups is 3. The highest BCUT2D eigenvalue weighted by molar-refractivity contribution is 7.12. The van der Waals surface area contributed by atoms with Crippen LogP contribution < -0.4 is 0 Å². The first kappa shape index (κ1) is 26.8. The van der Waals surface area contributed by atoms with Gasteiger partial charge in [0.25, 0.3) is 0 Å². The number of amides is 1. The number of nitriles is 1. The highest BCUT2D eigenvalue weighted by Gasteiger charge is 2.65. The fourth-order valence-corrected chi connectivity index (χ4v) is 7.38. The van der Waals surface area contributed by atoms with Gasteiger partial charge in [-0.3, -0.25) is 9.59 Å². The molecule has 0 spiro atoms. The first-order chi connectivity index (χ1) is 18.8. The van der Waals surface area contributed by atoms with Crippen LogP contribution in [0.3, 0.4) is 0 Å². The summed E-state index contributed by atoms with van der Waals surface area (Å²) in [6.07, 6.45) is 4.36. The largest absolute Gasteiger partial charge is 0.479 e. The Labute approximate surface area is 232 Å². The smallest absolute Gasteiger partial charge is 0.330 e. The lowest BCUT2D eigenvalue weighted by Gasteiger charge is -2.40. The number of benzene rings is 2. The van der Waals surface area contributed by atoms with Crippen molar-refractivity contribution in [2.75, 3.05) is 0 Å². The number of thiophene rings is 1. The number of carbonyl (C=O) groups excluding carboxylic acids is 2. The van der Waals surface area contributed by atoms with Crippen LogP contribution >= 0.6 is 11.3 Å². The van der Waals surface area contributed by atoms with Gasteiger partial charge in [-0.15, -0.1) is 11.3 Å². The zero-order chi connectivity index (χ0) is 27.7. The number of carboxylic acids is 1. The lowest BCUT2D eigenvalue weighted by molar-refractivity contribution is -0.160. The van der Waals surface area contributed by atoms with E-state index in [-0.39, 0.29) is 17.6 Å². The highest BCUT2D eigenvalue weighted by Crippen LogP contribution is 2.57. The lowest BCUT2D eigenvalue weighted by Crippen LogP contribution is -2.55. The number of aliphatic carboxylic acids is 1. The third kappa shape index (κ3) is 4.68. The molecule has 6 nitrogen and oxygen atoms in total. The number of ketones is 1. The van der Waals surface area contributed by atoms with Crippen LogP contribution in [-0.2, 0) is 9.59 Å². The molecule has 2 aliphatic rings. The van der Waals surface area contributed by atoms with Gasteiger partial charge in [0.05, 0.1) is 28.5 Å². The number of Topliss-reactive ketones (excluding diaryl/α,β-unsaturated/α-hetero) is 1. The molecule has 2 heterocycles. The van der Waals surface area contributed by atoms with Gasteiger partial charge in [0.15, 0.2) is 5.78 Å². The molecule has 1 amide bonds. The Morgan fingerprint density at radius 3 is 2.31 bits per heavy atom. The molecule has 2 aromatic carbocycles. The Balaban J connectivity index is 1.78. The van der Waals surface area contributed by atoms with E-state index in [0.29, 0.717) is 16.0 Å². The molecule has 0 radical (unpaired) electrons. The fraction of sp³-hybridized carbons (Fsp3) is 0.375. The quantitative estimate of drug-likeness (QED) is 0.359. The van der Waals surface area contributed by atoms with Crippen molar-refractivity contribution in [1.82, 2.24) is 4.90 Å². The number of hydrogen-bond donors (Lipinski definition) is 1. The number of carboxylic acid groups (broad SMARTS) is 1. The maximum absolute atomic E-state index is 14.4. The summed E-state index contributed by atoms with van der Waals surface area (Å²) in [7, 11) is 0. The zero-order valence-electron chi connectivity index (χ0n) is 22.2. The average molecular weight is 541 g/mol. The Hall–Kier alpha value is -3.76. The molecule has 7 heteroatoms. The topological polar surface area (TPSA) is 98.5 Å². The summed E-state index contributed by atoms with van der Waals surface area (Å²) in [4.78, 5) is 44.3. The van der Waals surface area contributed by atoms with Crippen molar-refractivity contribution in [3.05, 3.63) is 93.2 Å². The molecule has 2 fully saturated rings. The van der Waals surface area contributed by atoms with E-state index in [1.165, 1.54) is 11.3 Å². The number of rotatable bonds is 6. The van der Waals surface area contributed by atoms with Gasteiger partial charge in [0.2, 0.25) is 5.91 Å². The standard InChI is InChI=1S/C32H32N2O4S/c1-20-8-6-11-24(18-20)28-26(29(35)25-12-7-17-39-25)27(22-15-13-21(19-33)14-16-22)32(2,31(37)38)34(28)30(36)23-9-4-3-5-10-23/h6-8,11-18,23,26-28H,3-5,9-10H2,1-2H3,(H,37,38). The highest BCUT2D eigenvalue weighted by atomic mass is 32.1. The van der Waals surface area contributed by atoms with Crippen molar-refractivity contribution in [3.8, 4) is 6.07 Å². The monoisotopic (exact) mass is 540 g/mol. The maximum Gasteiger partial charge on any atom is 0.330 e. The van der Waals surface area contributed by atoms with Crippen molar-refractivity contribution in [2.45, 2.75) is 63.5 Å². The molecule has 1 saturated carbocycles. The van der Waals surface area contributed by atoms with E-state index in [1.807, 2.05) is 42.6 Å². The molecule has 1 N–H and O–H groups in total. The predicted molar refractivity (Wildman–Crippen MR) is 149 cm³/mol. The second-order valence-corrected chi connectivity index (χ2v) is 11.9. The second kappa shape index (κ2) is 10.8. The van der Waals surface area contributed by atoms with Gasteiger partial charge in [-0.05, 0) is 61.4 Å². The Morgan fingerprint density at radius 2 is 1.72 bits per heavy atom. The normalized spacial score (nSPS) is 25.3. The molecule has 0 bridgehead atoms. The first-order valence-corrected chi connectivity index (χ1v) is 14.4. The number of likely N-dealkylation sites (tertiary alicyclic amines) is 1. The molecule has 1 aliphatic carbocycles. The van der Waals surface area contributed by atoms with Gasteiger partial charge < -0.3 is 10.0 Å². The number of nitrogens with zero attached hydrogens (tertiary/aromatic N) is 2. The van der Waals surface area contributed by atoms with E-state index in [2.05, 4.69) is 6.07 Å². The number of aryl methyl sites for hydroxylation is 1. The molecular formula is C32H32N2O4S. The second-order valence-electron chi connectivity index (χ2n) is 10.9. The molecule has 5 rings (SSSR count). The molecule has 4 atom stereocenters. The molecule has 3 aromatic rings. The molecule has 1 aliphatic heterocycles. The van der Waals surface area contributed by atoms with Crippen LogP contribution in [-0.4, -0.2) is 33.2 Å². The van der Waals surface area contributed by atoms with Gasteiger partial charge in [-0.1, -0.05) is 67.3 Å². The summed E-state index contributed by atoms with van der Waals surface area (Å²) in [5.74, 6) is -3.42. The minimum absolute atomic E-state index is 0.169. The van der Waals surface area contributed by atoms with Gasteiger partial charge in [0.1, 0.15) is 5.54 Å². The predicted octanol–water partition coefficient (Wildman–Crippen LogP) is 6.52. The molecule has 1 saturated heterocycles. The van der Waals surface area contributed by atoms with Crippen LogP contribution in [0.5, 0.6) is 0 Å². The van der Waals surface area contributed by atoms with E-state index >= 15 is 0 Å². The summed E-state index contributed by atoms with van der Waals surface area (Å²) < 4.78 is 0. The van der Waals surface area contributed by atoms with Crippen LogP contribution in [0, 0.1) is 30.1 Å². The third-order valence-electron chi connectivity index (χ3n) is 8.56. The van der Waals surface area contributed by atoms with E-state index in [0.717, 1.165) is 43.2 Å². The molecule has 4 unspecified atom stereocenters. The summed E-state index contributed by atoms with van der Waals surface area (Å²) in [5, 5.41) is 22.1. The van der Waals surface area contributed by atoms with E-state index < -0.39 is 29.4 Å². The SMILES string of the molecule is Cc1cccc(C2C(C(=O)c3cccs3)C(c3ccc(C#N)cc3)C(C)(C(=O)O)N2C(=O)C2CCCCC2)c1. The minimum Gasteiger partial charge on any atom is -0.479 e. The van der Waals surface area contributed by atoms with Crippen molar-refractivity contribution >= 4 is 29.0 Å². The first-order valence-electron chi connectivity index (χ1n) is 13.5. The van der Waals surface area contributed by atoms with Gasteiger partial charge in [-0.25, -0.2) is 4.79 Å². The molecule has 39 heavy (non-hydrogen) atoms. The van der Waals surface area contributed by atoms with E-state index in [1.54, 1.807) is 42.2 Å². The summed E-state index contributed by atoms with van der Waals surface area (Å²) in [6, 6.07) is 19.4. The van der Waals surface area contributed by atoms with Crippen LogP contribution in [0.2, 0.25) is 0 Å². The molecule has 1 aromatic heterocycles. The Kier molecular flexibility index (Phi) is 7.42. The third-order valence-corrected chi connectivity index (χ3v) is 9.44. The fourth-order valence-electron chi connectivity index (χ4n) is 6.66. The van der Waals surface area contributed by atoms with Gasteiger partial charge >= 0.3 is 5.97 Å². The van der Waals surface area contributed by atoms with Gasteiger partial charge in [0, 0.05) is 11.8 Å². The zero-order valence-corrected chi connectivity index (χ0v) is 23.0. The Bertz CT molecular complexity index is 1420. The molecular weight excluding hydrogens is 508 g/mol.